The first kappa shape index (κ1) is 20.3. The largest absolute Gasteiger partial charge is 0.487 e. The highest BCUT2D eigenvalue weighted by Crippen LogP contribution is 2.31. The number of benzene rings is 1. The number of hydrogen-bond acceptors (Lipinski definition) is 6. The summed E-state index contributed by atoms with van der Waals surface area (Å²) in [5, 5.41) is 4.62. The highest BCUT2D eigenvalue weighted by molar-refractivity contribution is 5.80. The molecule has 0 unspecified atom stereocenters. The summed E-state index contributed by atoms with van der Waals surface area (Å²) < 4.78 is 12.2. The Hall–Kier alpha value is -4.00. The maximum Gasteiger partial charge on any atom is 0.327 e. The molecule has 31 heavy (non-hydrogen) atoms. The molecular formula is C24H22N4O3. The average molecular weight is 414 g/mol. The number of carbonyl (C=O) groups is 1. The molecule has 4 rings (SSSR count). The van der Waals surface area contributed by atoms with Gasteiger partial charge in [-0.25, -0.2) is 0 Å². The number of aryl methyl sites for hydroxylation is 1. The Morgan fingerprint density at radius 1 is 1.00 bits per heavy atom. The van der Waals surface area contributed by atoms with Gasteiger partial charge in [-0.15, -0.1) is 0 Å². The molecule has 3 aromatic heterocycles. The molecule has 0 amide bonds. The van der Waals surface area contributed by atoms with Gasteiger partial charge < -0.3 is 9.47 Å². The van der Waals surface area contributed by atoms with Crippen molar-refractivity contribution >= 4 is 5.97 Å². The molecule has 0 saturated heterocycles. The molecule has 0 spiro atoms. The molecule has 0 atom stereocenters. The van der Waals surface area contributed by atoms with Gasteiger partial charge in [0.15, 0.2) is 0 Å². The van der Waals surface area contributed by atoms with Gasteiger partial charge in [0.05, 0.1) is 12.8 Å². The topological polar surface area (TPSA) is 79.1 Å². The first-order valence-electron chi connectivity index (χ1n) is 9.83. The first-order chi connectivity index (χ1) is 15.1. The van der Waals surface area contributed by atoms with Gasteiger partial charge >= 0.3 is 5.97 Å². The van der Waals surface area contributed by atoms with Crippen LogP contribution in [-0.4, -0.2) is 32.8 Å². The Labute approximate surface area is 180 Å². The molecule has 0 saturated carbocycles. The van der Waals surface area contributed by atoms with Crippen LogP contribution in [0.25, 0.3) is 22.4 Å². The number of hydrogen-bond donors (Lipinski definition) is 0. The van der Waals surface area contributed by atoms with Crippen molar-refractivity contribution in [2.45, 2.75) is 20.1 Å². The predicted octanol–water partition coefficient (Wildman–Crippen LogP) is 4.07. The van der Waals surface area contributed by atoms with Gasteiger partial charge in [-0.2, -0.15) is 5.10 Å². The lowest BCUT2D eigenvalue weighted by atomic mass is 10.0. The van der Waals surface area contributed by atoms with Gasteiger partial charge in [0.2, 0.25) is 0 Å². The number of aromatic nitrogens is 4. The molecule has 1 aromatic carbocycles. The molecule has 156 valence electrons. The van der Waals surface area contributed by atoms with Crippen LogP contribution in [0.15, 0.2) is 73.2 Å². The van der Waals surface area contributed by atoms with Crippen LogP contribution in [0.2, 0.25) is 0 Å². The van der Waals surface area contributed by atoms with E-state index in [1.165, 1.54) is 7.11 Å². The number of esters is 1. The van der Waals surface area contributed by atoms with Crippen LogP contribution in [0, 0.1) is 6.92 Å². The van der Waals surface area contributed by atoms with E-state index in [9.17, 15) is 4.79 Å². The van der Waals surface area contributed by atoms with Gasteiger partial charge in [-0.3, -0.25) is 19.4 Å². The maximum atomic E-state index is 11.7. The van der Waals surface area contributed by atoms with Crippen LogP contribution in [0.4, 0.5) is 0 Å². The van der Waals surface area contributed by atoms with Crippen molar-refractivity contribution in [3.63, 3.8) is 0 Å². The van der Waals surface area contributed by atoms with Crippen LogP contribution < -0.4 is 4.74 Å². The molecule has 7 nitrogen and oxygen atoms in total. The van der Waals surface area contributed by atoms with E-state index in [2.05, 4.69) is 15.1 Å². The van der Waals surface area contributed by atoms with E-state index in [0.717, 1.165) is 39.5 Å². The number of rotatable bonds is 7. The minimum Gasteiger partial charge on any atom is -0.487 e. The van der Waals surface area contributed by atoms with E-state index in [-0.39, 0.29) is 12.5 Å². The molecule has 0 radical (unpaired) electrons. The van der Waals surface area contributed by atoms with Crippen molar-refractivity contribution in [3.8, 4) is 28.1 Å². The standard InChI is InChI=1S/C24H22N4O3/c1-17-4-3-5-20(26-17)16-31-21-8-6-19(7-9-21)24-22(18-10-12-25-13-11-18)14-28(27-24)15-23(29)30-2/h3-14H,15-16H2,1-2H3. The van der Waals surface area contributed by atoms with Crippen LogP contribution >= 0.6 is 0 Å². The van der Waals surface area contributed by atoms with Crippen LogP contribution in [0.5, 0.6) is 5.75 Å². The van der Waals surface area contributed by atoms with E-state index in [1.54, 1.807) is 17.1 Å². The SMILES string of the molecule is COC(=O)Cn1cc(-c2ccncc2)c(-c2ccc(OCc3cccc(C)n3)cc2)n1. The molecule has 0 N–H and O–H groups in total. The second kappa shape index (κ2) is 9.21. The summed E-state index contributed by atoms with van der Waals surface area (Å²) >= 11 is 0. The molecule has 0 aliphatic heterocycles. The van der Waals surface area contributed by atoms with Gasteiger partial charge in [0, 0.05) is 35.4 Å². The normalized spacial score (nSPS) is 10.6. The van der Waals surface area contributed by atoms with Crippen molar-refractivity contribution in [3.05, 3.63) is 84.6 Å². The van der Waals surface area contributed by atoms with Gasteiger partial charge in [-0.05, 0) is 61.0 Å². The Morgan fingerprint density at radius 2 is 1.77 bits per heavy atom. The summed E-state index contributed by atoms with van der Waals surface area (Å²) in [7, 11) is 1.36. The average Bonchev–Trinajstić information content (AvgIpc) is 3.22. The number of carbonyl (C=O) groups excluding carboxylic acids is 1. The molecule has 0 fully saturated rings. The van der Waals surface area contributed by atoms with E-state index in [4.69, 9.17) is 9.47 Å². The van der Waals surface area contributed by atoms with Gasteiger partial charge in [0.25, 0.3) is 0 Å². The summed E-state index contributed by atoms with van der Waals surface area (Å²) in [6.07, 6.45) is 5.30. The number of methoxy groups -OCH3 is 1. The summed E-state index contributed by atoms with van der Waals surface area (Å²) in [5.41, 5.74) is 5.39. The van der Waals surface area contributed by atoms with Crippen LogP contribution in [-0.2, 0) is 22.7 Å². The summed E-state index contributed by atoms with van der Waals surface area (Å²) in [6.45, 7) is 2.40. The fourth-order valence-corrected chi connectivity index (χ4v) is 3.20. The van der Waals surface area contributed by atoms with Crippen molar-refractivity contribution in [2.24, 2.45) is 0 Å². The minimum absolute atomic E-state index is 0.0409. The zero-order valence-corrected chi connectivity index (χ0v) is 17.4. The Morgan fingerprint density at radius 3 is 2.48 bits per heavy atom. The Balaban J connectivity index is 1.58. The van der Waals surface area contributed by atoms with E-state index >= 15 is 0 Å². The van der Waals surface area contributed by atoms with Crippen LogP contribution in [0.1, 0.15) is 11.4 Å². The summed E-state index contributed by atoms with van der Waals surface area (Å²) in [6, 6.07) is 17.4. The molecular weight excluding hydrogens is 392 g/mol. The zero-order valence-electron chi connectivity index (χ0n) is 17.4. The molecule has 3 heterocycles. The van der Waals surface area contributed by atoms with Crippen molar-refractivity contribution in [2.75, 3.05) is 7.11 Å². The van der Waals surface area contributed by atoms with E-state index in [1.807, 2.05) is 67.7 Å². The van der Waals surface area contributed by atoms with Crippen LogP contribution in [0.3, 0.4) is 0 Å². The molecule has 0 aliphatic carbocycles. The summed E-state index contributed by atoms with van der Waals surface area (Å²) in [4.78, 5) is 20.2. The Bertz CT molecular complexity index is 1170. The lowest BCUT2D eigenvalue weighted by Crippen LogP contribution is -2.11. The second-order valence-corrected chi connectivity index (χ2v) is 6.98. The van der Waals surface area contributed by atoms with Crippen molar-refractivity contribution in [1.82, 2.24) is 19.7 Å². The Kier molecular flexibility index (Phi) is 6.03. The van der Waals surface area contributed by atoms with Gasteiger partial charge in [-0.1, -0.05) is 6.07 Å². The second-order valence-electron chi connectivity index (χ2n) is 6.98. The fraction of sp³-hybridized carbons (Fsp3) is 0.167. The lowest BCUT2D eigenvalue weighted by molar-refractivity contribution is -0.141. The number of nitrogens with zero attached hydrogens (tertiary/aromatic N) is 4. The highest BCUT2D eigenvalue weighted by Gasteiger charge is 2.15. The third-order valence-corrected chi connectivity index (χ3v) is 4.73. The van der Waals surface area contributed by atoms with E-state index < -0.39 is 0 Å². The highest BCUT2D eigenvalue weighted by atomic mass is 16.5. The first-order valence-corrected chi connectivity index (χ1v) is 9.83. The van der Waals surface area contributed by atoms with Crippen molar-refractivity contribution < 1.29 is 14.3 Å². The molecule has 4 aromatic rings. The fourth-order valence-electron chi connectivity index (χ4n) is 3.20. The lowest BCUT2D eigenvalue weighted by Gasteiger charge is -2.08. The maximum absolute atomic E-state index is 11.7. The number of ether oxygens (including phenoxy) is 2. The third-order valence-electron chi connectivity index (χ3n) is 4.73. The smallest absolute Gasteiger partial charge is 0.327 e. The van der Waals surface area contributed by atoms with E-state index in [0.29, 0.717) is 6.61 Å². The molecule has 0 bridgehead atoms. The van der Waals surface area contributed by atoms with Gasteiger partial charge in [0.1, 0.15) is 24.6 Å². The molecule has 0 aliphatic rings. The minimum atomic E-state index is -0.358. The number of pyridine rings is 2. The summed E-state index contributed by atoms with van der Waals surface area (Å²) in [5.74, 6) is 0.385. The van der Waals surface area contributed by atoms with Crippen molar-refractivity contribution in [1.29, 1.82) is 0 Å². The monoisotopic (exact) mass is 414 g/mol. The third kappa shape index (κ3) is 4.95. The zero-order chi connectivity index (χ0) is 21.6. The predicted molar refractivity (Wildman–Crippen MR) is 116 cm³/mol. The molecule has 7 heteroatoms. The quantitative estimate of drug-likeness (QED) is 0.424.